The summed E-state index contributed by atoms with van der Waals surface area (Å²) in [6.45, 7) is 0. The van der Waals surface area contributed by atoms with Crippen LogP contribution >= 0.6 is 0 Å². The van der Waals surface area contributed by atoms with Crippen molar-refractivity contribution in [1.29, 1.82) is 0 Å². The Morgan fingerprint density at radius 2 is 0.911 bits per heavy atom. The summed E-state index contributed by atoms with van der Waals surface area (Å²) in [5.74, 6) is 0. The molecule has 0 saturated heterocycles. The molecule has 8 aromatic carbocycles. The van der Waals surface area contributed by atoms with Gasteiger partial charge in [0.1, 0.15) is 28.0 Å². The minimum atomic E-state index is 0.888. The first kappa shape index (κ1) is 30.8. The molecule has 0 atom stereocenters. The second-order valence-electron chi connectivity index (χ2n) is 14.5. The molecule has 56 heavy (non-hydrogen) atoms. The first-order chi connectivity index (χ1) is 27.7. The van der Waals surface area contributed by atoms with Crippen LogP contribution in [0, 0.1) is 0 Å². The normalized spacial score (nSPS) is 11.9. The number of para-hydroxylation sites is 2. The van der Waals surface area contributed by atoms with Crippen molar-refractivity contribution in [3.63, 3.8) is 0 Å². The van der Waals surface area contributed by atoms with Crippen molar-refractivity contribution in [2.45, 2.75) is 0 Å². The van der Waals surface area contributed by atoms with Crippen molar-refractivity contribution in [3.8, 4) is 22.4 Å². The molecule has 0 aliphatic rings. The fraction of sp³-hybridized carbons (Fsp3) is 0. The topological polar surface area (TPSA) is 46.8 Å². The molecule has 0 radical (unpaired) electrons. The van der Waals surface area contributed by atoms with Gasteiger partial charge in [-0.15, -0.1) is 0 Å². The maximum atomic E-state index is 6.31. The Kier molecular flexibility index (Phi) is 6.56. The van der Waals surface area contributed by atoms with Gasteiger partial charge in [0, 0.05) is 56.6 Å². The van der Waals surface area contributed by atoms with Crippen molar-refractivity contribution in [2.24, 2.45) is 0 Å². The van der Waals surface area contributed by atoms with Crippen LogP contribution in [0.25, 0.3) is 93.5 Å². The smallest absolute Gasteiger partial charge is 0.137 e. The molecular weight excluding hydrogens is 687 g/mol. The van der Waals surface area contributed by atoms with E-state index in [0.717, 1.165) is 99.7 Å². The molecule has 0 saturated carbocycles. The molecule has 0 fully saturated rings. The largest absolute Gasteiger partial charge is 0.456 e. The molecule has 0 bridgehead atoms. The average molecular weight is 718 g/mol. The van der Waals surface area contributed by atoms with Gasteiger partial charge >= 0.3 is 0 Å². The molecular formula is C51H31N3O2. The summed E-state index contributed by atoms with van der Waals surface area (Å²) in [7, 11) is 0. The Morgan fingerprint density at radius 3 is 1.50 bits per heavy atom. The number of nitrogens with zero attached hydrogens (tertiary/aromatic N) is 3. The number of anilines is 3. The van der Waals surface area contributed by atoms with Gasteiger partial charge in [-0.1, -0.05) is 91.0 Å². The van der Waals surface area contributed by atoms with Crippen LogP contribution in [-0.2, 0) is 0 Å². The lowest BCUT2D eigenvalue weighted by Crippen LogP contribution is -2.09. The van der Waals surface area contributed by atoms with Crippen molar-refractivity contribution in [3.05, 3.63) is 188 Å². The SMILES string of the molecule is c1ccc2c(c1)oc1cc3cc(N(c4ccc(-c5ccc(-c6cn7ccccc7n6)cc5)cc4)c4ccc5cc6c(cc5c4)oc4ccccc46)ccc3cc12. The molecule has 5 heteroatoms. The summed E-state index contributed by atoms with van der Waals surface area (Å²) in [4.78, 5) is 7.14. The number of aromatic nitrogens is 2. The van der Waals surface area contributed by atoms with Crippen LogP contribution < -0.4 is 4.90 Å². The van der Waals surface area contributed by atoms with Gasteiger partial charge in [0.2, 0.25) is 0 Å². The van der Waals surface area contributed by atoms with E-state index >= 15 is 0 Å². The lowest BCUT2D eigenvalue weighted by molar-refractivity contribution is 0.669. The molecule has 12 aromatic rings. The van der Waals surface area contributed by atoms with Crippen molar-refractivity contribution in [1.82, 2.24) is 9.38 Å². The lowest BCUT2D eigenvalue weighted by atomic mass is 10.0. The molecule has 12 rings (SSSR count). The third-order valence-electron chi connectivity index (χ3n) is 11.2. The van der Waals surface area contributed by atoms with E-state index < -0.39 is 0 Å². The fourth-order valence-electron chi connectivity index (χ4n) is 8.35. The highest BCUT2D eigenvalue weighted by atomic mass is 16.3. The first-order valence-corrected chi connectivity index (χ1v) is 18.8. The standard InChI is InChI=1S/C51H31N3O2/c1-3-9-47-42(7-1)44-27-35-18-22-40(25-37(35)29-49(44)55-47)54(41-23-19-36-28-45-43-8-2-4-10-48(43)56-50(45)30-38(36)26-41)39-20-16-33(17-21-39)32-12-14-34(15-13-32)46-31-53-24-6-5-11-51(53)52-46/h1-31H. The third kappa shape index (κ3) is 4.91. The molecule has 5 nitrogen and oxygen atoms in total. The van der Waals surface area contributed by atoms with Crippen LogP contribution in [0.1, 0.15) is 0 Å². The monoisotopic (exact) mass is 717 g/mol. The number of furan rings is 2. The first-order valence-electron chi connectivity index (χ1n) is 18.8. The zero-order chi connectivity index (χ0) is 36.7. The summed E-state index contributed by atoms with van der Waals surface area (Å²) < 4.78 is 14.7. The number of hydrogen-bond acceptors (Lipinski definition) is 4. The van der Waals surface area contributed by atoms with Crippen LogP contribution in [-0.4, -0.2) is 9.38 Å². The Labute approximate surface area is 320 Å². The number of hydrogen-bond donors (Lipinski definition) is 0. The van der Waals surface area contributed by atoms with E-state index in [4.69, 9.17) is 13.8 Å². The zero-order valence-corrected chi connectivity index (χ0v) is 30.1. The quantitative estimate of drug-likeness (QED) is 0.178. The van der Waals surface area contributed by atoms with Crippen LogP contribution in [0.2, 0.25) is 0 Å². The van der Waals surface area contributed by atoms with Gasteiger partial charge in [-0.05, 0) is 118 Å². The Hall–Kier alpha value is -7.63. The van der Waals surface area contributed by atoms with Crippen LogP contribution in [0.3, 0.4) is 0 Å². The predicted octanol–water partition coefficient (Wildman–Crippen LogP) is 14.2. The van der Waals surface area contributed by atoms with Crippen molar-refractivity contribution >= 4 is 88.1 Å². The van der Waals surface area contributed by atoms with E-state index in [-0.39, 0.29) is 0 Å². The summed E-state index contributed by atoms with van der Waals surface area (Å²) in [6, 6.07) is 62.3. The van der Waals surface area contributed by atoms with Gasteiger partial charge in [0.25, 0.3) is 0 Å². The molecule has 4 heterocycles. The van der Waals surface area contributed by atoms with E-state index in [1.54, 1.807) is 0 Å². The molecule has 0 N–H and O–H groups in total. The van der Waals surface area contributed by atoms with E-state index in [0.29, 0.717) is 0 Å². The Bertz CT molecular complexity index is 3290. The Balaban J connectivity index is 0.963. The van der Waals surface area contributed by atoms with Gasteiger partial charge in [-0.3, -0.25) is 0 Å². The Morgan fingerprint density at radius 1 is 0.393 bits per heavy atom. The maximum Gasteiger partial charge on any atom is 0.137 e. The van der Waals surface area contributed by atoms with Gasteiger partial charge < -0.3 is 18.1 Å². The number of imidazole rings is 1. The summed E-state index contributed by atoms with van der Waals surface area (Å²) in [5, 5.41) is 9.10. The zero-order valence-electron chi connectivity index (χ0n) is 30.1. The molecule has 0 aliphatic heterocycles. The number of pyridine rings is 1. The summed E-state index contributed by atoms with van der Waals surface area (Å²) >= 11 is 0. The molecule has 0 unspecified atom stereocenters. The second-order valence-corrected chi connectivity index (χ2v) is 14.5. The maximum absolute atomic E-state index is 6.31. The van der Waals surface area contributed by atoms with E-state index in [1.807, 2.05) is 48.7 Å². The van der Waals surface area contributed by atoms with E-state index in [9.17, 15) is 0 Å². The second kappa shape index (κ2) is 11.9. The lowest BCUT2D eigenvalue weighted by Gasteiger charge is -2.26. The third-order valence-corrected chi connectivity index (χ3v) is 11.2. The van der Waals surface area contributed by atoms with Crippen LogP contribution in [0.4, 0.5) is 17.1 Å². The highest BCUT2D eigenvalue weighted by molar-refractivity contribution is 6.12. The summed E-state index contributed by atoms with van der Waals surface area (Å²) in [5.41, 5.74) is 12.0. The molecule has 4 aromatic heterocycles. The average Bonchev–Trinajstić information content (AvgIpc) is 3.95. The summed E-state index contributed by atoms with van der Waals surface area (Å²) in [6.07, 6.45) is 4.10. The van der Waals surface area contributed by atoms with Crippen molar-refractivity contribution in [2.75, 3.05) is 4.90 Å². The molecule has 262 valence electrons. The minimum absolute atomic E-state index is 0.888. The van der Waals surface area contributed by atoms with Crippen LogP contribution in [0.15, 0.2) is 197 Å². The van der Waals surface area contributed by atoms with Gasteiger partial charge in [-0.2, -0.15) is 0 Å². The molecule has 0 aliphatic carbocycles. The number of rotatable bonds is 5. The van der Waals surface area contributed by atoms with Crippen molar-refractivity contribution < 1.29 is 8.83 Å². The molecule has 0 amide bonds. The van der Waals surface area contributed by atoms with E-state index in [2.05, 4.69) is 149 Å². The van der Waals surface area contributed by atoms with Gasteiger partial charge in [0.15, 0.2) is 0 Å². The molecule has 0 spiro atoms. The van der Waals surface area contributed by atoms with Crippen LogP contribution in [0.5, 0.6) is 0 Å². The van der Waals surface area contributed by atoms with Gasteiger partial charge in [-0.25, -0.2) is 4.98 Å². The predicted molar refractivity (Wildman–Crippen MR) is 230 cm³/mol. The number of benzene rings is 8. The minimum Gasteiger partial charge on any atom is -0.456 e. The van der Waals surface area contributed by atoms with Gasteiger partial charge in [0.05, 0.1) is 5.69 Å². The number of fused-ring (bicyclic) bond motifs is 9. The highest BCUT2D eigenvalue weighted by Crippen LogP contribution is 2.41. The fourth-order valence-corrected chi connectivity index (χ4v) is 8.35. The van der Waals surface area contributed by atoms with E-state index in [1.165, 1.54) is 10.8 Å². The highest BCUT2D eigenvalue weighted by Gasteiger charge is 2.17.